The molecule has 3 amide bonds. The first-order valence-electron chi connectivity index (χ1n) is 10.0. The fraction of sp³-hybridized carbons (Fsp3) is 0.318. The summed E-state index contributed by atoms with van der Waals surface area (Å²) in [4.78, 5) is 39.4. The number of nitrogens with one attached hydrogen (secondary N) is 3. The van der Waals surface area contributed by atoms with Gasteiger partial charge in [0.15, 0.2) is 6.54 Å². The molecule has 2 aromatic rings. The average Bonchev–Trinajstić information content (AvgIpc) is 2.74. The summed E-state index contributed by atoms with van der Waals surface area (Å²) in [7, 11) is 0. The number of benzene rings is 2. The van der Waals surface area contributed by atoms with Gasteiger partial charge >= 0.3 is 0 Å². The predicted molar refractivity (Wildman–Crippen MR) is 111 cm³/mol. The van der Waals surface area contributed by atoms with Crippen LogP contribution in [0.2, 0.25) is 0 Å². The number of nitrogens with zero attached hydrogens (tertiary/aromatic N) is 1. The Labute approximate surface area is 174 Å². The van der Waals surface area contributed by atoms with Gasteiger partial charge in [-0.2, -0.15) is 0 Å². The van der Waals surface area contributed by atoms with Gasteiger partial charge in [0, 0.05) is 24.2 Å². The number of hydrogen-bond acceptors (Lipinski definition) is 3. The van der Waals surface area contributed by atoms with Gasteiger partial charge in [-0.1, -0.05) is 24.3 Å². The normalized spacial score (nSPS) is 14.2. The molecule has 7 nitrogen and oxygen atoms in total. The van der Waals surface area contributed by atoms with Crippen LogP contribution in [0.5, 0.6) is 0 Å². The van der Waals surface area contributed by atoms with E-state index in [1.807, 2.05) is 6.07 Å². The molecule has 0 atom stereocenters. The first-order valence-corrected chi connectivity index (χ1v) is 10.0. The minimum absolute atomic E-state index is 0.00776. The zero-order valence-corrected chi connectivity index (χ0v) is 16.7. The maximum atomic E-state index is 13.2. The van der Waals surface area contributed by atoms with Crippen molar-refractivity contribution in [1.82, 2.24) is 10.2 Å². The highest BCUT2D eigenvalue weighted by molar-refractivity contribution is 5.94. The van der Waals surface area contributed by atoms with Gasteiger partial charge in [0.1, 0.15) is 5.82 Å². The third-order valence-electron chi connectivity index (χ3n) is 5.00. The molecule has 0 aromatic heterocycles. The van der Waals surface area contributed by atoms with E-state index in [9.17, 15) is 18.8 Å². The Hall–Kier alpha value is -3.26. The van der Waals surface area contributed by atoms with Crippen LogP contribution >= 0.6 is 0 Å². The average molecular weight is 413 g/mol. The van der Waals surface area contributed by atoms with Crippen LogP contribution in [0.1, 0.15) is 16.8 Å². The number of piperazine rings is 1. The molecule has 0 aliphatic carbocycles. The second-order valence-corrected chi connectivity index (χ2v) is 7.24. The van der Waals surface area contributed by atoms with E-state index in [4.69, 9.17) is 0 Å². The zero-order valence-electron chi connectivity index (χ0n) is 16.7. The van der Waals surface area contributed by atoms with Crippen molar-refractivity contribution in [2.24, 2.45) is 0 Å². The van der Waals surface area contributed by atoms with Gasteiger partial charge in [0.25, 0.3) is 11.8 Å². The molecule has 1 fully saturated rings. The summed E-state index contributed by atoms with van der Waals surface area (Å²) in [5.74, 6) is -0.778. The first kappa shape index (κ1) is 21.4. The number of carbonyl (C=O) groups is 3. The quantitative estimate of drug-likeness (QED) is 0.611. The standard InChI is InChI=1S/C22H25FN4O3/c23-18-7-4-8-19(15-18)25-20(28)16-26-11-13-27(14-12-26)21(29)9-10-24-22(30)17-5-2-1-3-6-17/h1-8,15H,9-14,16H2,(H,24,30)(H,25,28)/p+1. The fourth-order valence-electron chi connectivity index (χ4n) is 3.38. The molecule has 1 aliphatic heterocycles. The van der Waals surface area contributed by atoms with Crippen LogP contribution in [0.25, 0.3) is 0 Å². The molecule has 2 aromatic carbocycles. The van der Waals surface area contributed by atoms with Crippen molar-refractivity contribution in [2.75, 3.05) is 44.6 Å². The number of hydrogen-bond donors (Lipinski definition) is 3. The number of carbonyl (C=O) groups excluding carboxylic acids is 3. The number of quaternary nitrogens is 1. The summed E-state index contributed by atoms with van der Waals surface area (Å²) < 4.78 is 13.2. The highest BCUT2D eigenvalue weighted by atomic mass is 19.1. The lowest BCUT2D eigenvalue weighted by Crippen LogP contribution is -3.15. The molecule has 3 N–H and O–H groups in total. The summed E-state index contributed by atoms with van der Waals surface area (Å²) in [5, 5.41) is 5.46. The largest absolute Gasteiger partial charge is 0.352 e. The van der Waals surface area contributed by atoms with E-state index in [0.717, 1.165) is 4.90 Å². The molecule has 0 spiro atoms. The second-order valence-electron chi connectivity index (χ2n) is 7.24. The summed E-state index contributed by atoms with van der Waals surface area (Å²) in [6.45, 7) is 3.01. The highest BCUT2D eigenvalue weighted by Gasteiger charge is 2.25. The molecule has 158 valence electrons. The Balaban J connectivity index is 1.35. The number of rotatable bonds is 7. The van der Waals surface area contributed by atoms with Crippen molar-refractivity contribution in [3.8, 4) is 0 Å². The molecular formula is C22H26FN4O3+. The maximum absolute atomic E-state index is 13.2. The number of amides is 3. The number of anilines is 1. The molecule has 0 saturated carbocycles. The Morgan fingerprint density at radius 3 is 2.43 bits per heavy atom. The highest BCUT2D eigenvalue weighted by Crippen LogP contribution is 2.08. The van der Waals surface area contributed by atoms with E-state index in [2.05, 4.69) is 10.6 Å². The minimum Gasteiger partial charge on any atom is -0.352 e. The first-order chi connectivity index (χ1) is 14.5. The molecule has 3 rings (SSSR count). The van der Waals surface area contributed by atoms with E-state index in [1.54, 1.807) is 41.3 Å². The van der Waals surface area contributed by atoms with Gasteiger partial charge in [-0.25, -0.2) is 4.39 Å². The van der Waals surface area contributed by atoms with Gasteiger partial charge < -0.3 is 20.4 Å². The lowest BCUT2D eigenvalue weighted by molar-refractivity contribution is -0.895. The van der Waals surface area contributed by atoms with Crippen molar-refractivity contribution in [3.05, 3.63) is 66.0 Å². The van der Waals surface area contributed by atoms with Crippen molar-refractivity contribution in [2.45, 2.75) is 6.42 Å². The van der Waals surface area contributed by atoms with Crippen LogP contribution in [0.4, 0.5) is 10.1 Å². The van der Waals surface area contributed by atoms with Crippen LogP contribution in [0, 0.1) is 5.82 Å². The van der Waals surface area contributed by atoms with Gasteiger partial charge in [-0.05, 0) is 30.3 Å². The van der Waals surface area contributed by atoms with Crippen LogP contribution < -0.4 is 15.5 Å². The maximum Gasteiger partial charge on any atom is 0.279 e. The van der Waals surface area contributed by atoms with E-state index in [1.165, 1.54) is 12.1 Å². The SMILES string of the molecule is O=C(C[NH+]1CCN(C(=O)CCNC(=O)c2ccccc2)CC1)Nc1cccc(F)c1. The molecule has 0 radical (unpaired) electrons. The van der Waals surface area contributed by atoms with Crippen molar-refractivity contribution < 1.29 is 23.7 Å². The Morgan fingerprint density at radius 2 is 1.73 bits per heavy atom. The Kier molecular flexibility index (Phi) is 7.51. The lowest BCUT2D eigenvalue weighted by atomic mass is 10.2. The van der Waals surface area contributed by atoms with Gasteiger partial charge in [0.2, 0.25) is 5.91 Å². The van der Waals surface area contributed by atoms with Crippen molar-refractivity contribution >= 4 is 23.4 Å². The van der Waals surface area contributed by atoms with Crippen LogP contribution in [-0.2, 0) is 9.59 Å². The van der Waals surface area contributed by atoms with Crippen molar-refractivity contribution in [3.63, 3.8) is 0 Å². The monoisotopic (exact) mass is 413 g/mol. The summed E-state index contributed by atoms with van der Waals surface area (Å²) >= 11 is 0. The molecule has 0 unspecified atom stereocenters. The predicted octanol–water partition coefficient (Wildman–Crippen LogP) is 0.311. The molecule has 1 saturated heterocycles. The summed E-state index contributed by atoms with van der Waals surface area (Å²) in [5.41, 5.74) is 1.00. The van der Waals surface area contributed by atoms with Gasteiger partial charge in [-0.15, -0.1) is 0 Å². The minimum atomic E-state index is -0.396. The molecule has 1 heterocycles. The van der Waals surface area contributed by atoms with E-state index < -0.39 is 5.82 Å². The zero-order chi connectivity index (χ0) is 21.3. The fourth-order valence-corrected chi connectivity index (χ4v) is 3.38. The lowest BCUT2D eigenvalue weighted by Gasteiger charge is -2.32. The van der Waals surface area contributed by atoms with Crippen LogP contribution in [-0.4, -0.2) is 61.9 Å². The Morgan fingerprint density at radius 1 is 1.00 bits per heavy atom. The topological polar surface area (TPSA) is 83.0 Å². The molecule has 1 aliphatic rings. The van der Waals surface area contributed by atoms with Crippen LogP contribution in [0.3, 0.4) is 0 Å². The Bertz CT molecular complexity index is 883. The van der Waals surface area contributed by atoms with E-state index in [0.29, 0.717) is 37.4 Å². The van der Waals surface area contributed by atoms with Crippen LogP contribution in [0.15, 0.2) is 54.6 Å². The summed E-state index contributed by atoms with van der Waals surface area (Å²) in [6.07, 6.45) is 0.244. The third kappa shape index (κ3) is 6.38. The molecule has 8 heteroatoms. The summed E-state index contributed by atoms with van der Waals surface area (Å²) in [6, 6.07) is 14.7. The van der Waals surface area contributed by atoms with Crippen molar-refractivity contribution in [1.29, 1.82) is 0 Å². The molecule has 0 bridgehead atoms. The molecule has 30 heavy (non-hydrogen) atoms. The smallest absolute Gasteiger partial charge is 0.279 e. The number of halogens is 1. The van der Waals surface area contributed by atoms with E-state index in [-0.39, 0.29) is 37.2 Å². The van der Waals surface area contributed by atoms with Gasteiger partial charge in [-0.3, -0.25) is 14.4 Å². The van der Waals surface area contributed by atoms with Gasteiger partial charge in [0.05, 0.1) is 26.2 Å². The molecular weight excluding hydrogens is 387 g/mol. The second kappa shape index (κ2) is 10.5. The van der Waals surface area contributed by atoms with E-state index >= 15 is 0 Å². The third-order valence-corrected chi connectivity index (χ3v) is 5.00.